The summed E-state index contributed by atoms with van der Waals surface area (Å²) in [6.07, 6.45) is 0.287. The second kappa shape index (κ2) is 34.0. The van der Waals surface area contributed by atoms with Crippen LogP contribution in [0, 0.1) is 32.5 Å². The molecule has 1 N–H and O–H groups in total. The van der Waals surface area contributed by atoms with Crippen LogP contribution in [-0.2, 0) is 103 Å². The number of carbonyl (C=O) groups is 6. The van der Waals surface area contributed by atoms with Crippen molar-refractivity contribution >= 4 is 76.3 Å². The number of ketones is 5. The molecule has 1 aliphatic carbocycles. The minimum absolute atomic E-state index is 0.00823. The number of fused-ring (bicyclic) bond motifs is 2. The quantitative estimate of drug-likeness (QED) is 0.0166. The standard InChI is InChI=1S/C21H19ClFN3O6.C19H24N2O6S2.C17H18F3NO5.C16H18N2O4S/c1-4-30-19(28)11-31-20-16(6-5-7-24-20)32-17-10-15(14(23)9-13(17)22)26-18(27)8-12(2)25(3)21(26)29;1-6-9-29(25,26)27-18-14(10-20-21(18)5)17(22)13-7-8-15-16(12(13)2)19(3,4)11-28(15,23)24;1-25-7-8-26-9-11-10(5-6-14(21-11)17(18,19)20)16(24)15-12(22)3-2-4-13(15)23;1-9-10(14(19)11-7-17-18(4)15(11)20)5-6-12-13(9)16(2,3)8-23(12,21)22/h5-10H,4,11H2,1-3H3;7-8,10H,6,9,11H2,1-5H3;5-6,15H,2-4,7-9H2,1H3;5-7,17H,8H2,1-4H3. The van der Waals surface area contributed by atoms with Gasteiger partial charge in [-0.1, -0.05) is 46.2 Å². The molecular formula is C73H79ClF4N8O21S3. The summed E-state index contributed by atoms with van der Waals surface area (Å²) in [5, 5.41) is 6.53. The van der Waals surface area contributed by atoms with Crippen LogP contribution < -0.4 is 30.5 Å². The highest BCUT2D eigenvalue weighted by Crippen LogP contribution is 2.45. The number of halogens is 5. The molecule has 110 heavy (non-hydrogen) atoms. The highest BCUT2D eigenvalue weighted by atomic mass is 35.5. The summed E-state index contributed by atoms with van der Waals surface area (Å²) in [6.45, 7) is 15.5. The summed E-state index contributed by atoms with van der Waals surface area (Å²) >= 11 is 6.12. The third kappa shape index (κ3) is 18.8. The fourth-order valence-electron chi connectivity index (χ4n) is 12.7. The van der Waals surface area contributed by atoms with Gasteiger partial charge in [0.2, 0.25) is 5.88 Å². The number of sulfone groups is 2. The van der Waals surface area contributed by atoms with Gasteiger partial charge in [0.25, 0.3) is 17.0 Å². The van der Waals surface area contributed by atoms with E-state index in [-0.39, 0.29) is 118 Å². The average Bonchev–Trinajstić information content (AvgIpc) is 1.58. The zero-order valence-electron chi connectivity index (χ0n) is 62.0. The van der Waals surface area contributed by atoms with Crippen molar-refractivity contribution < 1.29 is 99.4 Å². The number of hydrogen-bond acceptors (Lipinski definition) is 24. The van der Waals surface area contributed by atoms with Gasteiger partial charge in [0.1, 0.15) is 34.3 Å². The average molecular weight is 1610 g/mol. The molecule has 0 amide bonds. The summed E-state index contributed by atoms with van der Waals surface area (Å²) in [5.41, 5.74) is -1.40. The van der Waals surface area contributed by atoms with Crippen LogP contribution in [0.3, 0.4) is 0 Å². The topological polar surface area (TPSA) is 386 Å². The van der Waals surface area contributed by atoms with Crippen LogP contribution in [0.1, 0.15) is 149 Å². The Morgan fingerprint density at radius 1 is 0.764 bits per heavy atom. The van der Waals surface area contributed by atoms with Gasteiger partial charge in [-0.2, -0.15) is 26.7 Å². The lowest BCUT2D eigenvalue weighted by Crippen LogP contribution is -2.38. The first kappa shape index (κ1) is 85.5. The van der Waals surface area contributed by atoms with Gasteiger partial charge in [0.05, 0.1) is 76.1 Å². The monoisotopic (exact) mass is 1610 g/mol. The minimum Gasteiger partial charge on any atom is -0.463 e. The predicted octanol–water partition coefficient (Wildman–Crippen LogP) is 8.61. The highest BCUT2D eigenvalue weighted by Gasteiger charge is 2.45. The van der Waals surface area contributed by atoms with Crippen LogP contribution in [-0.4, -0.2) is 150 Å². The highest BCUT2D eigenvalue weighted by molar-refractivity contribution is 7.92. The lowest BCUT2D eigenvalue weighted by molar-refractivity contribution is -0.145. The zero-order valence-corrected chi connectivity index (χ0v) is 65.2. The van der Waals surface area contributed by atoms with Gasteiger partial charge < -0.3 is 37.5 Å². The zero-order chi connectivity index (χ0) is 81.7. The van der Waals surface area contributed by atoms with Crippen molar-refractivity contribution in [3.05, 3.63) is 195 Å². The summed E-state index contributed by atoms with van der Waals surface area (Å²) in [5.74, 6) is -6.06. The first-order valence-corrected chi connectivity index (χ1v) is 39.1. The number of nitrogens with zero attached hydrogens (tertiary/aromatic N) is 7. The number of aryl methyl sites for hydroxylation is 3. The second-order valence-corrected chi connectivity index (χ2v) is 32.9. The third-order valence-electron chi connectivity index (χ3n) is 17.8. The Balaban J connectivity index is 0.000000186. The summed E-state index contributed by atoms with van der Waals surface area (Å²) in [6, 6.07) is 13.8. The molecule has 0 atom stereocenters. The smallest absolute Gasteiger partial charge is 0.433 e. The van der Waals surface area contributed by atoms with Crippen molar-refractivity contribution in [1.29, 1.82) is 0 Å². The lowest BCUT2D eigenvalue weighted by Gasteiger charge is -2.20. The van der Waals surface area contributed by atoms with E-state index >= 15 is 0 Å². The van der Waals surface area contributed by atoms with Gasteiger partial charge in [-0.15, -0.1) is 0 Å². The van der Waals surface area contributed by atoms with Gasteiger partial charge in [-0.3, -0.25) is 38.2 Å². The van der Waals surface area contributed by atoms with E-state index in [2.05, 4.69) is 20.2 Å². The first-order chi connectivity index (χ1) is 51.3. The Kier molecular flexibility index (Phi) is 26.4. The van der Waals surface area contributed by atoms with Crippen LogP contribution in [0.5, 0.6) is 23.3 Å². The van der Waals surface area contributed by atoms with Crippen molar-refractivity contribution in [2.75, 3.05) is 50.8 Å². The number of esters is 1. The summed E-state index contributed by atoms with van der Waals surface area (Å²) in [7, 11) is -4.69. The number of aromatic amines is 1. The maximum absolute atomic E-state index is 14.7. The molecule has 3 aliphatic rings. The van der Waals surface area contributed by atoms with Crippen LogP contribution >= 0.6 is 11.6 Å². The van der Waals surface area contributed by atoms with E-state index in [1.165, 1.54) is 97.2 Å². The van der Waals surface area contributed by atoms with Crippen molar-refractivity contribution in [1.82, 2.24) is 38.7 Å². The van der Waals surface area contributed by atoms with Gasteiger partial charge >= 0.3 is 28.0 Å². The molecule has 590 valence electrons. The number of carbonyl (C=O) groups excluding carboxylic acids is 6. The maximum atomic E-state index is 14.7. The number of alkyl halides is 3. The van der Waals surface area contributed by atoms with Crippen molar-refractivity contribution in [2.45, 2.75) is 121 Å². The molecule has 2 aliphatic heterocycles. The number of aromatic nitrogens is 8. The molecule has 1 saturated carbocycles. The maximum Gasteiger partial charge on any atom is 0.433 e. The number of methoxy groups -OCH3 is 1. The predicted molar refractivity (Wildman–Crippen MR) is 389 cm³/mol. The number of pyridine rings is 2. The molecular weight excluding hydrogens is 1530 g/mol. The second-order valence-electron chi connectivity index (χ2n) is 26.9. The number of Topliss-reactive ketones (excluding diaryl/α,β-unsaturated/α-hetero) is 3. The molecule has 1 fully saturated rings. The Hall–Kier alpha value is -10.1. The number of ether oxygens (including phenoxy) is 5. The van der Waals surface area contributed by atoms with Crippen molar-refractivity contribution in [3.63, 3.8) is 0 Å². The largest absolute Gasteiger partial charge is 0.463 e. The molecule has 0 radical (unpaired) electrons. The fraction of sp³-hybridized carbons (Fsp3) is 0.397. The molecule has 11 rings (SSSR count). The normalized spacial score (nSPS) is 15.2. The molecule has 8 aromatic rings. The van der Waals surface area contributed by atoms with E-state index in [1.54, 1.807) is 40.7 Å². The summed E-state index contributed by atoms with van der Waals surface area (Å²) < 4.78 is 162. The van der Waals surface area contributed by atoms with E-state index in [9.17, 15) is 86.0 Å². The van der Waals surface area contributed by atoms with Gasteiger partial charge in [-0.05, 0) is 117 Å². The van der Waals surface area contributed by atoms with Crippen LogP contribution in [0.25, 0.3) is 5.69 Å². The van der Waals surface area contributed by atoms with Gasteiger partial charge in [-0.25, -0.2) is 50.0 Å². The van der Waals surface area contributed by atoms with E-state index in [0.717, 1.165) is 18.2 Å². The number of nitrogens with one attached hydrogen (secondary N) is 1. The molecule has 0 saturated heterocycles. The Morgan fingerprint density at radius 2 is 1.35 bits per heavy atom. The van der Waals surface area contributed by atoms with Crippen molar-refractivity contribution in [2.24, 2.45) is 27.1 Å². The van der Waals surface area contributed by atoms with Crippen LogP contribution in [0.2, 0.25) is 5.02 Å². The lowest BCUT2D eigenvalue weighted by atomic mass is 9.81. The fourth-order valence-corrected chi connectivity index (χ4v) is 18.5. The van der Waals surface area contributed by atoms with Crippen molar-refractivity contribution in [3.8, 4) is 28.9 Å². The number of benzene rings is 3. The molecule has 0 spiro atoms. The molecule has 0 bridgehead atoms. The van der Waals surface area contributed by atoms with E-state index in [0.29, 0.717) is 67.4 Å². The Labute approximate surface area is 633 Å². The Morgan fingerprint density at radius 3 is 1.89 bits per heavy atom. The minimum atomic E-state index is -4.70. The van der Waals surface area contributed by atoms with Gasteiger partial charge in [0.15, 0.2) is 60.9 Å². The molecule has 3 aromatic carbocycles. The van der Waals surface area contributed by atoms with Gasteiger partial charge in [0, 0.05) is 98.8 Å². The molecule has 7 heterocycles. The number of H-pyrrole nitrogens is 1. The molecule has 5 aromatic heterocycles. The first-order valence-electron chi connectivity index (χ1n) is 33.8. The molecule has 29 nitrogen and oxygen atoms in total. The molecule has 0 unspecified atom stereocenters. The van der Waals surface area contributed by atoms with E-state index in [1.807, 2.05) is 27.7 Å². The molecule has 37 heteroatoms. The van der Waals surface area contributed by atoms with E-state index < -0.39 is 123 Å². The SMILES string of the molecule is CCCS(=O)(=O)Oc1c(C(=O)c2ccc3c(c2C)C(C)(C)CS3(=O)=O)cnn1C.CCOC(=O)COc1ncccc1Oc1cc(-n2c(=O)cc(C)n(C)c2=O)c(F)cc1Cl.COCCOCc1nc(C(F)(F)F)ccc1C(=O)C1C(=O)CCCC1=O.Cc1c(C(=O)c2c[nH]n(C)c2=O)ccc2c1C(C)(C)CS2(=O)=O. The summed E-state index contributed by atoms with van der Waals surface area (Å²) in [4.78, 5) is 119. The van der Waals surface area contributed by atoms with Crippen LogP contribution in [0.15, 0.2) is 109 Å². The van der Waals surface area contributed by atoms with Crippen LogP contribution in [0.4, 0.5) is 17.6 Å². The Bertz CT molecular complexity index is 5510. The van der Waals surface area contributed by atoms with E-state index in [4.69, 9.17) is 39.5 Å². The number of hydrogen-bond donors (Lipinski definition) is 1. The third-order valence-corrected chi connectivity index (χ3v) is 23.6. The number of rotatable bonds is 22.